The summed E-state index contributed by atoms with van der Waals surface area (Å²) in [6.07, 6.45) is 0.288. The van der Waals surface area contributed by atoms with Crippen LogP contribution in [0, 0.1) is 0 Å². The van der Waals surface area contributed by atoms with Gasteiger partial charge in [0.2, 0.25) is 0 Å². The first kappa shape index (κ1) is 12.2. The third-order valence-corrected chi connectivity index (χ3v) is 3.30. The van der Waals surface area contributed by atoms with E-state index in [1.165, 1.54) is 7.05 Å². The first-order valence-corrected chi connectivity index (χ1v) is 6.12. The largest absolute Gasteiger partial charge is 0.483 e. The van der Waals surface area contributed by atoms with Crippen LogP contribution in [-0.2, 0) is 6.42 Å². The second-order valence-electron chi connectivity index (χ2n) is 4.53. The number of benzene rings is 1. The fraction of sp³-hybridized carbons (Fsp3) is 0.417. The monoisotopic (exact) mass is 299 g/mol. The van der Waals surface area contributed by atoms with Gasteiger partial charge in [-0.2, -0.15) is 0 Å². The molecule has 0 bridgehead atoms. The van der Waals surface area contributed by atoms with Crippen LogP contribution in [0.4, 0.5) is 4.79 Å². The molecule has 17 heavy (non-hydrogen) atoms. The van der Waals surface area contributed by atoms with Crippen molar-refractivity contribution in [3.63, 3.8) is 0 Å². The van der Waals surface area contributed by atoms with Crippen molar-refractivity contribution in [2.75, 3.05) is 7.05 Å². The zero-order chi connectivity index (χ0) is 12.6. The van der Waals surface area contributed by atoms with Crippen LogP contribution < -0.4 is 14.8 Å². The van der Waals surface area contributed by atoms with E-state index in [0.29, 0.717) is 11.5 Å². The molecule has 0 radical (unpaired) electrons. The van der Waals surface area contributed by atoms with Gasteiger partial charge in [-0.15, -0.1) is 0 Å². The molecular weight excluding hydrogens is 286 g/mol. The van der Waals surface area contributed by atoms with E-state index in [2.05, 4.69) is 21.2 Å². The number of carbonyl (C=O) groups excluding carboxylic acids is 1. The summed E-state index contributed by atoms with van der Waals surface area (Å²) in [6.45, 7) is 4.01. The van der Waals surface area contributed by atoms with Gasteiger partial charge in [0.1, 0.15) is 5.60 Å². The van der Waals surface area contributed by atoms with E-state index < -0.39 is 6.09 Å². The van der Waals surface area contributed by atoms with Crippen molar-refractivity contribution < 1.29 is 14.3 Å². The van der Waals surface area contributed by atoms with Gasteiger partial charge in [0.25, 0.3) is 0 Å². The van der Waals surface area contributed by atoms with E-state index in [9.17, 15) is 4.79 Å². The van der Waals surface area contributed by atoms with Crippen molar-refractivity contribution in [3.05, 3.63) is 22.2 Å². The van der Waals surface area contributed by atoms with E-state index >= 15 is 0 Å². The Morgan fingerprint density at radius 2 is 2.24 bits per heavy atom. The maximum atomic E-state index is 11.2. The van der Waals surface area contributed by atoms with Crippen LogP contribution in [0.3, 0.4) is 0 Å². The predicted molar refractivity (Wildman–Crippen MR) is 67.6 cm³/mol. The molecule has 4 nitrogen and oxygen atoms in total. The lowest BCUT2D eigenvalue weighted by Gasteiger charge is -2.17. The smallest absolute Gasteiger partial charge is 0.412 e. The number of rotatable bonds is 1. The maximum absolute atomic E-state index is 11.2. The van der Waals surface area contributed by atoms with Gasteiger partial charge in [-0.25, -0.2) is 4.79 Å². The average molecular weight is 300 g/mol. The highest BCUT2D eigenvalue weighted by Gasteiger charge is 2.34. The van der Waals surface area contributed by atoms with Crippen LogP contribution in [0.15, 0.2) is 16.6 Å². The van der Waals surface area contributed by atoms with Crippen molar-refractivity contribution in [2.45, 2.75) is 25.9 Å². The Hall–Kier alpha value is -1.23. The molecule has 0 fully saturated rings. The summed E-state index contributed by atoms with van der Waals surface area (Å²) < 4.78 is 11.9. The van der Waals surface area contributed by atoms with Gasteiger partial charge in [-0.3, -0.25) is 0 Å². The Morgan fingerprint density at radius 3 is 2.88 bits per heavy atom. The minimum atomic E-state index is -0.497. The first-order valence-electron chi connectivity index (χ1n) is 5.33. The number of hydrogen-bond donors (Lipinski definition) is 1. The number of carbonyl (C=O) groups is 1. The van der Waals surface area contributed by atoms with Crippen LogP contribution in [-0.4, -0.2) is 18.7 Å². The molecule has 0 aliphatic carbocycles. The van der Waals surface area contributed by atoms with Crippen LogP contribution in [0.1, 0.15) is 19.4 Å². The zero-order valence-corrected chi connectivity index (χ0v) is 11.6. The normalized spacial score (nSPS) is 16.0. The van der Waals surface area contributed by atoms with Gasteiger partial charge in [-0.1, -0.05) is 15.9 Å². The molecule has 5 heteroatoms. The highest BCUT2D eigenvalue weighted by atomic mass is 79.9. The van der Waals surface area contributed by atoms with E-state index in [0.717, 1.165) is 16.5 Å². The second kappa shape index (κ2) is 4.22. The van der Waals surface area contributed by atoms with E-state index in [4.69, 9.17) is 9.47 Å². The lowest BCUT2D eigenvalue weighted by molar-refractivity contribution is 0.133. The summed E-state index contributed by atoms with van der Waals surface area (Å²) in [5.41, 5.74) is 0.768. The van der Waals surface area contributed by atoms with Gasteiger partial charge in [0.15, 0.2) is 11.5 Å². The molecule has 0 atom stereocenters. The molecule has 0 saturated carbocycles. The molecule has 1 aliphatic rings. The second-order valence-corrected chi connectivity index (χ2v) is 5.39. The molecule has 2 rings (SSSR count). The van der Waals surface area contributed by atoms with E-state index in [1.807, 2.05) is 19.9 Å². The molecule has 0 aromatic heterocycles. The SMILES string of the molecule is CNC(=O)Oc1ccc(Br)c2c1OC(C)(C)C2. The summed E-state index contributed by atoms with van der Waals surface area (Å²) in [7, 11) is 1.52. The van der Waals surface area contributed by atoms with Crippen molar-refractivity contribution in [1.29, 1.82) is 0 Å². The van der Waals surface area contributed by atoms with E-state index in [-0.39, 0.29) is 5.60 Å². The molecule has 1 aromatic carbocycles. The topological polar surface area (TPSA) is 47.6 Å². The summed E-state index contributed by atoms with van der Waals surface area (Å²) >= 11 is 3.48. The Bertz CT molecular complexity index is 471. The number of fused-ring (bicyclic) bond motifs is 1. The molecule has 1 amide bonds. The molecule has 0 spiro atoms. The average Bonchev–Trinajstić information content (AvgIpc) is 2.59. The fourth-order valence-electron chi connectivity index (χ4n) is 1.83. The number of nitrogens with one attached hydrogen (secondary N) is 1. The lowest BCUT2D eigenvalue weighted by atomic mass is 10.0. The molecule has 1 aliphatic heterocycles. The number of halogens is 1. The summed E-state index contributed by atoms with van der Waals surface area (Å²) in [5.74, 6) is 1.10. The lowest BCUT2D eigenvalue weighted by Crippen LogP contribution is -2.25. The van der Waals surface area contributed by atoms with Crippen molar-refractivity contribution in [1.82, 2.24) is 5.32 Å². The van der Waals surface area contributed by atoms with Gasteiger partial charge < -0.3 is 14.8 Å². The van der Waals surface area contributed by atoms with Gasteiger partial charge >= 0.3 is 6.09 Å². The Morgan fingerprint density at radius 1 is 1.53 bits per heavy atom. The standard InChI is InChI=1S/C12H14BrNO3/c1-12(2)6-7-8(13)4-5-9(10(7)17-12)16-11(15)14-3/h4-5H,6H2,1-3H3,(H,14,15). The van der Waals surface area contributed by atoms with Crippen LogP contribution in [0.5, 0.6) is 11.5 Å². The van der Waals surface area contributed by atoms with Gasteiger partial charge in [0, 0.05) is 23.5 Å². The number of ether oxygens (including phenoxy) is 2. The maximum Gasteiger partial charge on any atom is 0.412 e. The quantitative estimate of drug-likeness (QED) is 0.867. The Balaban J connectivity index is 2.38. The number of amides is 1. The summed E-state index contributed by atoms with van der Waals surface area (Å²) in [6, 6.07) is 3.58. The predicted octanol–water partition coefficient (Wildman–Crippen LogP) is 2.88. The summed E-state index contributed by atoms with van der Waals surface area (Å²) in [5, 5.41) is 2.41. The van der Waals surface area contributed by atoms with Crippen molar-refractivity contribution >= 4 is 22.0 Å². The Labute approximate surface area is 108 Å². The third kappa shape index (κ3) is 2.39. The van der Waals surface area contributed by atoms with Crippen molar-refractivity contribution in [3.8, 4) is 11.5 Å². The first-order chi connectivity index (χ1) is 7.93. The van der Waals surface area contributed by atoms with Crippen LogP contribution in [0.25, 0.3) is 0 Å². The molecule has 0 saturated heterocycles. The summed E-state index contributed by atoms with van der Waals surface area (Å²) in [4.78, 5) is 11.2. The molecular formula is C12H14BrNO3. The minimum Gasteiger partial charge on any atom is -0.483 e. The molecule has 1 heterocycles. The molecule has 1 aromatic rings. The minimum absolute atomic E-state index is 0.271. The van der Waals surface area contributed by atoms with Gasteiger partial charge in [0.05, 0.1) is 0 Å². The third-order valence-electron chi connectivity index (χ3n) is 2.55. The van der Waals surface area contributed by atoms with Gasteiger partial charge in [-0.05, 0) is 26.0 Å². The zero-order valence-electron chi connectivity index (χ0n) is 9.96. The van der Waals surface area contributed by atoms with Crippen molar-refractivity contribution in [2.24, 2.45) is 0 Å². The highest BCUT2D eigenvalue weighted by Crippen LogP contribution is 2.45. The molecule has 1 N–H and O–H groups in total. The van der Waals surface area contributed by atoms with Crippen LogP contribution in [0.2, 0.25) is 0 Å². The fourth-order valence-corrected chi connectivity index (χ4v) is 2.28. The number of hydrogen-bond acceptors (Lipinski definition) is 3. The highest BCUT2D eigenvalue weighted by molar-refractivity contribution is 9.10. The van der Waals surface area contributed by atoms with E-state index in [1.54, 1.807) is 6.07 Å². The Kier molecular flexibility index (Phi) is 3.03. The molecule has 0 unspecified atom stereocenters. The molecule has 92 valence electrons. The van der Waals surface area contributed by atoms with Crippen LogP contribution >= 0.6 is 15.9 Å².